The lowest BCUT2D eigenvalue weighted by molar-refractivity contribution is 0.587. The molecular weight excluding hydrogens is 689 g/mol. The van der Waals surface area contributed by atoms with Crippen LogP contribution in [-0.2, 0) is 10.8 Å². The maximum Gasteiger partial charge on any atom is 0.117 e. The van der Waals surface area contributed by atoms with Crippen LogP contribution in [0, 0.1) is 0 Å². The highest BCUT2D eigenvalue weighted by atomic mass is 32.2. The van der Waals surface area contributed by atoms with Crippen molar-refractivity contribution in [3.8, 4) is 0 Å². The Kier molecular flexibility index (Phi) is 8.30. The van der Waals surface area contributed by atoms with E-state index in [9.17, 15) is 0 Å². The molecule has 6 heterocycles. The van der Waals surface area contributed by atoms with E-state index in [0.717, 1.165) is 11.4 Å². The van der Waals surface area contributed by atoms with Crippen LogP contribution >= 0.6 is 46.2 Å². The van der Waals surface area contributed by atoms with Gasteiger partial charge in [0.1, 0.15) is 20.1 Å². The van der Waals surface area contributed by atoms with Crippen molar-refractivity contribution in [1.82, 2.24) is 9.97 Å². The zero-order chi connectivity index (χ0) is 34.9. The summed E-state index contributed by atoms with van der Waals surface area (Å²) in [6, 6.07) is 30.9. The Balaban J connectivity index is 1.32. The molecule has 0 spiro atoms. The third-order valence-electron chi connectivity index (χ3n) is 9.30. The fraction of sp³-hybridized carbons (Fsp3) is 0.238. The molecule has 0 amide bonds. The number of benzene rings is 2. The predicted octanol–water partition coefficient (Wildman–Crippen LogP) is 13.2. The van der Waals surface area contributed by atoms with E-state index < -0.39 is 0 Å². The Labute approximate surface area is 311 Å². The summed E-state index contributed by atoms with van der Waals surface area (Å²) >= 11 is 7.34. The SMILES string of the molecule is CC1=C(c2ccc(C(C)(C)C)cn2)S/C(=C2/SC(c3ccc(C(C)(C)C)cn3)=C(C)N2c2cc3ccccc3s2)N1c1cc2ccccc2s1. The summed E-state index contributed by atoms with van der Waals surface area (Å²) in [5.41, 5.74) is 6.94. The Bertz CT molecular complexity index is 2130. The van der Waals surface area contributed by atoms with E-state index in [1.54, 1.807) is 0 Å². The summed E-state index contributed by atoms with van der Waals surface area (Å²) in [4.78, 5) is 17.4. The number of nitrogens with zero attached hydrogens (tertiary/aromatic N) is 4. The molecule has 2 aliphatic rings. The zero-order valence-corrected chi connectivity index (χ0v) is 32.9. The highest BCUT2D eigenvalue weighted by molar-refractivity contribution is 8.15. The number of pyridine rings is 2. The first kappa shape index (κ1) is 33.3. The second-order valence-electron chi connectivity index (χ2n) is 14.9. The van der Waals surface area contributed by atoms with E-state index in [2.05, 4.69) is 163 Å². The van der Waals surface area contributed by atoms with Gasteiger partial charge in [-0.2, -0.15) is 0 Å². The van der Waals surface area contributed by atoms with Crippen LogP contribution < -0.4 is 9.80 Å². The van der Waals surface area contributed by atoms with Gasteiger partial charge in [-0.05, 0) is 83.0 Å². The van der Waals surface area contributed by atoms with Crippen LogP contribution in [0.15, 0.2) is 119 Å². The summed E-state index contributed by atoms with van der Waals surface area (Å²) in [6.07, 6.45) is 4.10. The topological polar surface area (TPSA) is 32.3 Å². The molecule has 4 aromatic heterocycles. The predicted molar refractivity (Wildman–Crippen MR) is 222 cm³/mol. The van der Waals surface area contributed by atoms with Crippen LogP contribution in [0.5, 0.6) is 0 Å². The minimum Gasteiger partial charge on any atom is -0.296 e. The number of thioether (sulfide) groups is 2. The molecule has 0 saturated carbocycles. The first-order valence-electron chi connectivity index (χ1n) is 16.9. The van der Waals surface area contributed by atoms with Gasteiger partial charge in [0.15, 0.2) is 0 Å². The normalized spacial score (nSPS) is 17.4. The average Bonchev–Trinajstić information content (AvgIpc) is 3.86. The average molecular weight is 729 g/mol. The molecule has 0 aliphatic carbocycles. The lowest BCUT2D eigenvalue weighted by Crippen LogP contribution is -2.21. The largest absolute Gasteiger partial charge is 0.296 e. The number of hydrogen-bond acceptors (Lipinski definition) is 8. The van der Waals surface area contributed by atoms with Gasteiger partial charge in [0.2, 0.25) is 0 Å². The highest BCUT2D eigenvalue weighted by Crippen LogP contribution is 2.59. The van der Waals surface area contributed by atoms with Gasteiger partial charge in [0.05, 0.1) is 21.2 Å². The molecule has 0 bridgehead atoms. The lowest BCUT2D eigenvalue weighted by atomic mass is 9.88. The highest BCUT2D eigenvalue weighted by Gasteiger charge is 2.39. The fourth-order valence-corrected chi connectivity index (χ4v) is 11.3. The molecule has 252 valence electrons. The summed E-state index contributed by atoms with van der Waals surface area (Å²) in [5.74, 6) is 0. The van der Waals surface area contributed by atoms with Crippen LogP contribution in [0.25, 0.3) is 30.0 Å². The van der Waals surface area contributed by atoms with Crippen molar-refractivity contribution in [1.29, 1.82) is 0 Å². The summed E-state index contributed by atoms with van der Waals surface area (Å²) < 4.78 is 2.56. The molecule has 8 rings (SSSR count). The number of fused-ring (bicyclic) bond motifs is 2. The molecule has 0 atom stereocenters. The minimum absolute atomic E-state index is 0.0397. The Morgan fingerprint density at radius 1 is 0.520 bits per heavy atom. The van der Waals surface area contributed by atoms with Gasteiger partial charge in [0.25, 0.3) is 0 Å². The third-order valence-corrected chi connectivity index (χ3v) is 14.2. The van der Waals surface area contributed by atoms with Crippen molar-refractivity contribution in [3.63, 3.8) is 0 Å². The lowest BCUT2D eigenvalue weighted by Gasteiger charge is -2.26. The van der Waals surface area contributed by atoms with Crippen molar-refractivity contribution in [2.24, 2.45) is 0 Å². The molecule has 0 saturated heterocycles. The molecule has 0 radical (unpaired) electrons. The summed E-state index contributed by atoms with van der Waals surface area (Å²) in [5, 5.41) is 7.30. The molecule has 4 nitrogen and oxygen atoms in total. The fourth-order valence-electron chi connectivity index (χ4n) is 6.32. The molecule has 50 heavy (non-hydrogen) atoms. The van der Waals surface area contributed by atoms with Crippen LogP contribution in [-0.4, -0.2) is 9.97 Å². The molecule has 2 aromatic carbocycles. The quantitative estimate of drug-likeness (QED) is 0.180. The second-order valence-corrected chi connectivity index (χ2v) is 19.0. The second kappa shape index (κ2) is 12.4. The van der Waals surface area contributed by atoms with Crippen LogP contribution in [0.3, 0.4) is 0 Å². The number of hydrogen-bond donors (Lipinski definition) is 0. The molecule has 0 N–H and O–H groups in total. The van der Waals surface area contributed by atoms with E-state index in [0.29, 0.717) is 0 Å². The molecule has 2 aliphatic heterocycles. The maximum atomic E-state index is 5.06. The van der Waals surface area contributed by atoms with E-state index in [4.69, 9.17) is 9.97 Å². The summed E-state index contributed by atoms with van der Waals surface area (Å²) in [6.45, 7) is 17.9. The van der Waals surface area contributed by atoms with Gasteiger partial charge in [-0.25, -0.2) is 0 Å². The Hall–Kier alpha value is -3.82. The van der Waals surface area contributed by atoms with Crippen LogP contribution in [0.1, 0.15) is 77.9 Å². The number of thiophene rings is 2. The number of allylic oxidation sites excluding steroid dienone is 2. The minimum atomic E-state index is 0.0397. The third kappa shape index (κ3) is 5.90. The van der Waals surface area contributed by atoms with Crippen LogP contribution in [0.2, 0.25) is 0 Å². The van der Waals surface area contributed by atoms with Crippen molar-refractivity contribution < 1.29 is 0 Å². The van der Waals surface area contributed by atoms with Gasteiger partial charge in [-0.1, -0.05) is 114 Å². The van der Waals surface area contributed by atoms with E-state index in [1.807, 2.05) is 46.2 Å². The smallest absolute Gasteiger partial charge is 0.117 e. The molecule has 0 fully saturated rings. The van der Waals surface area contributed by atoms with Crippen molar-refractivity contribution in [2.75, 3.05) is 9.80 Å². The van der Waals surface area contributed by atoms with Crippen molar-refractivity contribution in [3.05, 3.63) is 141 Å². The summed E-state index contributed by atoms with van der Waals surface area (Å²) in [7, 11) is 0. The van der Waals surface area contributed by atoms with Gasteiger partial charge in [0, 0.05) is 33.2 Å². The van der Waals surface area contributed by atoms with Crippen molar-refractivity contribution in [2.45, 2.75) is 66.2 Å². The van der Waals surface area contributed by atoms with Gasteiger partial charge in [-0.15, -0.1) is 22.7 Å². The molecule has 0 unspecified atom stereocenters. The Morgan fingerprint density at radius 2 is 0.920 bits per heavy atom. The number of aromatic nitrogens is 2. The number of rotatable bonds is 4. The zero-order valence-electron chi connectivity index (χ0n) is 29.7. The Morgan fingerprint density at radius 3 is 1.26 bits per heavy atom. The number of anilines is 2. The van der Waals surface area contributed by atoms with Gasteiger partial charge in [-0.3, -0.25) is 19.8 Å². The van der Waals surface area contributed by atoms with E-state index >= 15 is 0 Å². The van der Waals surface area contributed by atoms with Gasteiger partial charge < -0.3 is 0 Å². The van der Waals surface area contributed by atoms with Gasteiger partial charge >= 0.3 is 0 Å². The maximum absolute atomic E-state index is 5.06. The standard InChI is InChI=1S/C42H40N4S4/c1-25-37(31-19-17-29(23-43-31)41(3,4)5)49-39(45(25)35-21-27-13-9-11-15-33(27)47-35)40-46(36-22-28-14-10-12-16-34(28)48-36)26(2)38(50-40)32-20-18-30(24-44-32)42(6,7)8/h9-24H,1-8H3/b40-39+. The van der Waals surface area contributed by atoms with E-state index in [1.165, 1.54) is 72.6 Å². The first-order valence-corrected chi connectivity index (χ1v) is 20.2. The van der Waals surface area contributed by atoms with E-state index in [-0.39, 0.29) is 10.8 Å². The van der Waals surface area contributed by atoms with Crippen molar-refractivity contribution >= 4 is 86.2 Å². The molecule has 8 heteroatoms. The molecule has 6 aromatic rings. The molecular formula is C42H40N4S4. The van der Waals surface area contributed by atoms with Crippen LogP contribution in [0.4, 0.5) is 10.0 Å². The first-order chi connectivity index (χ1) is 23.9. The monoisotopic (exact) mass is 728 g/mol.